The van der Waals surface area contributed by atoms with Crippen LogP contribution in [0.25, 0.3) is 0 Å². The minimum absolute atomic E-state index is 0.209. The quantitative estimate of drug-likeness (QED) is 0.581. The average Bonchev–Trinajstić information content (AvgIpc) is 2.74. The number of sulfone groups is 1. The van der Waals surface area contributed by atoms with Crippen LogP contribution in [-0.4, -0.2) is 26.4 Å². The first-order chi connectivity index (χ1) is 14.6. The number of nitrogens with one attached hydrogen (secondary N) is 1. The van der Waals surface area contributed by atoms with Crippen LogP contribution in [0.2, 0.25) is 0 Å². The van der Waals surface area contributed by atoms with Crippen LogP contribution in [0.4, 0.5) is 0 Å². The molecule has 0 aliphatic carbocycles. The van der Waals surface area contributed by atoms with E-state index in [-0.39, 0.29) is 22.6 Å². The standard InChI is InChI=1S/C25H25NO4S/c1-16-9-10-20(15-17(16)2)24(27)22-7-5-6-8-23(22)25(28)26-18(3)19-11-13-21(14-12-19)31(4,29)30/h5-15,18H,1-4H3,(H,26,28). The second-order valence-electron chi connectivity index (χ2n) is 7.71. The van der Waals surface area contributed by atoms with Crippen LogP contribution in [0, 0.1) is 13.8 Å². The highest BCUT2D eigenvalue weighted by Crippen LogP contribution is 2.20. The van der Waals surface area contributed by atoms with Crippen LogP contribution in [0.15, 0.2) is 71.6 Å². The zero-order chi connectivity index (χ0) is 22.8. The van der Waals surface area contributed by atoms with E-state index in [0.717, 1.165) is 22.9 Å². The maximum absolute atomic E-state index is 13.1. The molecule has 1 N–H and O–H groups in total. The first-order valence-electron chi connectivity index (χ1n) is 9.90. The number of carbonyl (C=O) groups excluding carboxylic acids is 2. The van der Waals surface area contributed by atoms with Gasteiger partial charge in [-0.2, -0.15) is 0 Å². The molecule has 3 aromatic rings. The fourth-order valence-electron chi connectivity index (χ4n) is 3.28. The third kappa shape index (κ3) is 5.09. The summed E-state index contributed by atoms with van der Waals surface area (Å²) in [5, 5.41) is 2.90. The lowest BCUT2D eigenvalue weighted by atomic mass is 9.95. The molecule has 6 heteroatoms. The van der Waals surface area contributed by atoms with Crippen molar-refractivity contribution in [2.75, 3.05) is 6.26 Å². The zero-order valence-electron chi connectivity index (χ0n) is 18.0. The van der Waals surface area contributed by atoms with E-state index in [4.69, 9.17) is 0 Å². The molecule has 0 fully saturated rings. The third-order valence-electron chi connectivity index (χ3n) is 5.34. The van der Waals surface area contributed by atoms with Crippen molar-refractivity contribution in [2.45, 2.75) is 31.7 Å². The summed E-state index contributed by atoms with van der Waals surface area (Å²) >= 11 is 0. The summed E-state index contributed by atoms with van der Waals surface area (Å²) in [5.74, 6) is -0.577. The molecule has 3 aromatic carbocycles. The van der Waals surface area contributed by atoms with Crippen LogP contribution in [0.5, 0.6) is 0 Å². The van der Waals surface area contributed by atoms with E-state index < -0.39 is 9.84 Å². The summed E-state index contributed by atoms with van der Waals surface area (Å²) in [4.78, 5) is 26.3. The largest absolute Gasteiger partial charge is 0.345 e. The maximum Gasteiger partial charge on any atom is 0.252 e. The van der Waals surface area contributed by atoms with Crippen LogP contribution in [0.3, 0.4) is 0 Å². The Bertz CT molecular complexity index is 1240. The van der Waals surface area contributed by atoms with Crippen molar-refractivity contribution in [2.24, 2.45) is 0 Å². The Morgan fingerprint density at radius 2 is 1.45 bits per heavy atom. The first-order valence-corrected chi connectivity index (χ1v) is 11.8. The molecule has 0 aliphatic rings. The fourth-order valence-corrected chi connectivity index (χ4v) is 3.91. The van der Waals surface area contributed by atoms with Gasteiger partial charge in [-0.3, -0.25) is 9.59 Å². The Labute approximate surface area is 183 Å². The number of carbonyl (C=O) groups is 2. The minimum atomic E-state index is -3.28. The van der Waals surface area contributed by atoms with E-state index in [2.05, 4.69) is 5.32 Å². The van der Waals surface area contributed by atoms with Crippen LogP contribution < -0.4 is 5.32 Å². The van der Waals surface area contributed by atoms with Crippen LogP contribution >= 0.6 is 0 Å². The number of rotatable bonds is 6. The molecule has 1 amide bonds. The highest BCUT2D eigenvalue weighted by atomic mass is 32.2. The molecule has 3 rings (SSSR count). The van der Waals surface area contributed by atoms with E-state index in [1.807, 2.05) is 26.0 Å². The van der Waals surface area contributed by atoms with Crippen molar-refractivity contribution < 1.29 is 18.0 Å². The van der Waals surface area contributed by atoms with Crippen molar-refractivity contribution in [1.29, 1.82) is 0 Å². The number of benzene rings is 3. The first kappa shape index (κ1) is 22.4. The van der Waals surface area contributed by atoms with Gasteiger partial charge in [0.15, 0.2) is 15.6 Å². The molecule has 160 valence electrons. The van der Waals surface area contributed by atoms with E-state index in [1.54, 1.807) is 49.4 Å². The monoisotopic (exact) mass is 435 g/mol. The highest BCUT2D eigenvalue weighted by molar-refractivity contribution is 7.90. The van der Waals surface area contributed by atoms with Gasteiger partial charge in [0.2, 0.25) is 0 Å². The van der Waals surface area contributed by atoms with Gasteiger partial charge in [-0.05, 0) is 61.7 Å². The molecular weight excluding hydrogens is 410 g/mol. The lowest BCUT2D eigenvalue weighted by Crippen LogP contribution is -2.28. The van der Waals surface area contributed by atoms with Gasteiger partial charge in [0.25, 0.3) is 5.91 Å². The SMILES string of the molecule is Cc1ccc(C(=O)c2ccccc2C(=O)NC(C)c2ccc(S(C)(=O)=O)cc2)cc1C. The molecule has 0 spiro atoms. The van der Waals surface area contributed by atoms with Crippen molar-refractivity contribution in [3.05, 3.63) is 100 Å². The molecule has 0 radical (unpaired) electrons. The van der Waals surface area contributed by atoms with Gasteiger partial charge in [0, 0.05) is 17.4 Å². The van der Waals surface area contributed by atoms with Crippen molar-refractivity contribution in [3.8, 4) is 0 Å². The number of hydrogen-bond donors (Lipinski definition) is 1. The second kappa shape index (κ2) is 8.86. The van der Waals surface area contributed by atoms with E-state index >= 15 is 0 Å². The average molecular weight is 436 g/mol. The molecule has 0 saturated carbocycles. The molecule has 0 saturated heterocycles. The molecule has 1 atom stereocenters. The molecule has 31 heavy (non-hydrogen) atoms. The topological polar surface area (TPSA) is 80.3 Å². The number of ketones is 1. The van der Waals surface area contributed by atoms with E-state index in [9.17, 15) is 18.0 Å². The number of hydrogen-bond acceptors (Lipinski definition) is 4. The zero-order valence-corrected chi connectivity index (χ0v) is 18.8. The molecule has 0 heterocycles. The van der Waals surface area contributed by atoms with Gasteiger partial charge in [0.1, 0.15) is 0 Å². The summed E-state index contributed by atoms with van der Waals surface area (Å²) < 4.78 is 23.3. The minimum Gasteiger partial charge on any atom is -0.345 e. The van der Waals surface area contributed by atoms with Gasteiger partial charge in [0.05, 0.1) is 16.5 Å². The Hall–Kier alpha value is -3.25. The smallest absolute Gasteiger partial charge is 0.252 e. The van der Waals surface area contributed by atoms with Gasteiger partial charge >= 0.3 is 0 Å². The lowest BCUT2D eigenvalue weighted by Gasteiger charge is -2.16. The van der Waals surface area contributed by atoms with Gasteiger partial charge in [-0.15, -0.1) is 0 Å². The Kier molecular flexibility index (Phi) is 6.41. The molecule has 1 unspecified atom stereocenters. The molecule has 5 nitrogen and oxygen atoms in total. The van der Waals surface area contributed by atoms with Crippen molar-refractivity contribution in [1.82, 2.24) is 5.32 Å². The summed E-state index contributed by atoms with van der Waals surface area (Å²) in [6, 6.07) is 18.2. The van der Waals surface area contributed by atoms with Gasteiger partial charge in [-0.1, -0.05) is 42.5 Å². The van der Waals surface area contributed by atoms with Gasteiger partial charge in [-0.25, -0.2) is 8.42 Å². The van der Waals surface area contributed by atoms with Crippen molar-refractivity contribution in [3.63, 3.8) is 0 Å². The van der Waals surface area contributed by atoms with E-state index in [1.165, 1.54) is 12.1 Å². The fraction of sp³-hybridized carbons (Fsp3) is 0.200. The highest BCUT2D eigenvalue weighted by Gasteiger charge is 2.20. The molecule has 0 bridgehead atoms. The Morgan fingerprint density at radius 1 is 0.839 bits per heavy atom. The predicted octanol–water partition coefficient (Wildman–Crippen LogP) is 4.43. The Balaban J connectivity index is 1.84. The number of amides is 1. The molecule has 0 aliphatic heterocycles. The van der Waals surface area contributed by atoms with Crippen LogP contribution in [0.1, 0.15) is 55.9 Å². The molecule has 0 aromatic heterocycles. The maximum atomic E-state index is 13.1. The summed E-state index contributed by atoms with van der Waals surface area (Å²) in [6.45, 7) is 5.73. The summed E-state index contributed by atoms with van der Waals surface area (Å²) in [7, 11) is -3.28. The number of aryl methyl sites for hydroxylation is 2. The summed E-state index contributed by atoms with van der Waals surface area (Å²) in [6.07, 6.45) is 1.15. The molecular formula is C25H25NO4S. The van der Waals surface area contributed by atoms with Crippen LogP contribution in [-0.2, 0) is 9.84 Å². The van der Waals surface area contributed by atoms with Crippen molar-refractivity contribution >= 4 is 21.5 Å². The predicted molar refractivity (Wildman–Crippen MR) is 121 cm³/mol. The van der Waals surface area contributed by atoms with E-state index in [0.29, 0.717) is 16.7 Å². The second-order valence-corrected chi connectivity index (χ2v) is 9.73. The normalized spacial score (nSPS) is 12.3. The summed E-state index contributed by atoms with van der Waals surface area (Å²) in [5.41, 5.74) is 4.04. The third-order valence-corrected chi connectivity index (χ3v) is 6.47. The Morgan fingerprint density at radius 3 is 2.03 bits per heavy atom. The van der Waals surface area contributed by atoms with Gasteiger partial charge < -0.3 is 5.32 Å². The lowest BCUT2D eigenvalue weighted by molar-refractivity contribution is 0.0929.